The number of nitrogens with zero attached hydrogens (tertiary/aromatic N) is 3. The molecule has 2 saturated heterocycles. The summed E-state index contributed by atoms with van der Waals surface area (Å²) in [5, 5.41) is 0. The van der Waals surface area contributed by atoms with Crippen LogP contribution in [0.5, 0.6) is 0 Å². The molecule has 0 atom stereocenters. The zero-order chi connectivity index (χ0) is 23.2. The summed E-state index contributed by atoms with van der Waals surface area (Å²) in [6.45, 7) is 5.38. The van der Waals surface area contributed by atoms with E-state index >= 15 is 0 Å². The van der Waals surface area contributed by atoms with Gasteiger partial charge in [-0.1, -0.05) is 0 Å². The molecule has 1 aromatic heterocycles. The number of amides is 1. The Balaban J connectivity index is 1.23. The molecule has 3 aliphatic rings. The van der Waals surface area contributed by atoms with Crippen LogP contribution < -0.4 is 5.69 Å². The molecule has 178 valence electrons. The Hall–Kier alpha value is -2.68. The Morgan fingerprint density at radius 1 is 1.12 bits per heavy atom. The van der Waals surface area contributed by atoms with Gasteiger partial charge < -0.3 is 14.6 Å². The molecule has 2 aliphatic heterocycles. The van der Waals surface area contributed by atoms with E-state index in [0.29, 0.717) is 48.9 Å². The first kappa shape index (κ1) is 22.1. The van der Waals surface area contributed by atoms with Gasteiger partial charge in [-0.15, -0.1) is 0 Å². The number of likely N-dealkylation sites (tertiary alicyclic amines) is 2. The Kier molecular flexibility index (Phi) is 5.76. The van der Waals surface area contributed by atoms with Crippen molar-refractivity contribution in [3.63, 3.8) is 0 Å². The van der Waals surface area contributed by atoms with Gasteiger partial charge in [-0.2, -0.15) is 0 Å². The summed E-state index contributed by atoms with van der Waals surface area (Å²) >= 11 is 0. The zero-order valence-corrected chi connectivity index (χ0v) is 19.1. The molecule has 0 radical (unpaired) electrons. The molecule has 8 nitrogen and oxygen atoms in total. The fourth-order valence-electron chi connectivity index (χ4n) is 5.41. The van der Waals surface area contributed by atoms with Crippen molar-refractivity contribution in [2.75, 3.05) is 39.3 Å². The van der Waals surface area contributed by atoms with Gasteiger partial charge in [0.05, 0.1) is 29.7 Å². The monoisotopic (exact) mass is 458 g/mol. The van der Waals surface area contributed by atoms with E-state index in [9.17, 15) is 18.8 Å². The van der Waals surface area contributed by atoms with Crippen LogP contribution in [0.3, 0.4) is 0 Å². The number of aromatic amines is 1. The molecule has 0 unspecified atom stereocenters. The average molecular weight is 459 g/mol. The van der Waals surface area contributed by atoms with E-state index in [4.69, 9.17) is 4.74 Å². The third-order valence-corrected chi connectivity index (χ3v) is 7.72. The number of esters is 1. The van der Waals surface area contributed by atoms with Crippen molar-refractivity contribution in [2.45, 2.75) is 51.5 Å². The lowest BCUT2D eigenvalue weighted by Gasteiger charge is -2.36. The second-order valence-corrected chi connectivity index (χ2v) is 9.76. The Morgan fingerprint density at radius 3 is 2.45 bits per heavy atom. The third kappa shape index (κ3) is 4.30. The van der Waals surface area contributed by atoms with Crippen molar-refractivity contribution in [2.24, 2.45) is 5.41 Å². The van der Waals surface area contributed by atoms with E-state index in [1.165, 1.54) is 25.0 Å². The predicted octanol–water partition coefficient (Wildman–Crippen LogP) is 2.68. The van der Waals surface area contributed by atoms with E-state index in [1.807, 2.05) is 4.90 Å². The van der Waals surface area contributed by atoms with E-state index in [2.05, 4.69) is 9.88 Å². The third-order valence-electron chi connectivity index (χ3n) is 7.72. The van der Waals surface area contributed by atoms with Gasteiger partial charge in [-0.3, -0.25) is 14.3 Å². The standard InChI is InChI=1S/C24H31FN4O4/c1-2-33-22(31)17-13-19-20(14-18(17)25)29(23(32)26-19)16-3-9-27(10-4-16)15-21(30)28-11-7-24(5-6-24)8-12-28/h13-14,16H,2-12,15H2,1H3,(H,26,32). The van der Waals surface area contributed by atoms with Crippen molar-refractivity contribution in [3.8, 4) is 0 Å². The smallest absolute Gasteiger partial charge is 0.341 e. The second kappa shape index (κ2) is 8.59. The fourth-order valence-corrected chi connectivity index (χ4v) is 5.41. The van der Waals surface area contributed by atoms with Gasteiger partial charge in [0.1, 0.15) is 5.82 Å². The van der Waals surface area contributed by atoms with Crippen molar-refractivity contribution in [1.82, 2.24) is 19.4 Å². The molecule has 1 saturated carbocycles. The minimum Gasteiger partial charge on any atom is -0.462 e. The molecular formula is C24H31FN4O4. The number of aromatic nitrogens is 2. The normalized spacial score (nSPS) is 21.0. The quantitative estimate of drug-likeness (QED) is 0.696. The fraction of sp³-hybridized carbons (Fsp3) is 0.625. The molecule has 5 rings (SSSR count). The molecule has 2 aromatic rings. The zero-order valence-electron chi connectivity index (χ0n) is 19.1. The summed E-state index contributed by atoms with van der Waals surface area (Å²) in [6.07, 6.45) is 6.32. The van der Waals surface area contributed by atoms with Gasteiger partial charge in [0.2, 0.25) is 5.91 Å². The number of hydrogen-bond acceptors (Lipinski definition) is 5. The van der Waals surface area contributed by atoms with Crippen LogP contribution in [0.15, 0.2) is 16.9 Å². The molecule has 1 spiro atoms. The molecule has 3 fully saturated rings. The number of fused-ring (bicyclic) bond motifs is 1. The minimum atomic E-state index is -0.746. The van der Waals surface area contributed by atoms with Crippen molar-refractivity contribution in [3.05, 3.63) is 34.0 Å². The number of benzene rings is 1. The molecule has 1 N–H and O–H groups in total. The highest BCUT2D eigenvalue weighted by Crippen LogP contribution is 2.53. The largest absolute Gasteiger partial charge is 0.462 e. The SMILES string of the molecule is CCOC(=O)c1cc2[nH]c(=O)n(C3CCN(CC(=O)N4CCC5(CC4)CC5)CC3)c2cc1F. The number of H-pyrrole nitrogens is 1. The number of halogens is 1. The lowest BCUT2D eigenvalue weighted by Crippen LogP contribution is -2.46. The number of imidazole rings is 1. The first-order valence-corrected chi connectivity index (χ1v) is 12.0. The van der Waals surface area contributed by atoms with Crippen LogP contribution in [0.25, 0.3) is 11.0 Å². The maximum Gasteiger partial charge on any atom is 0.341 e. The number of rotatable bonds is 5. The first-order chi connectivity index (χ1) is 15.9. The summed E-state index contributed by atoms with van der Waals surface area (Å²) in [5.41, 5.74) is 0.916. The van der Waals surface area contributed by atoms with Crippen LogP contribution in [0.1, 0.15) is 61.8 Å². The summed E-state index contributed by atoms with van der Waals surface area (Å²) in [4.78, 5) is 44.3. The highest BCUT2D eigenvalue weighted by atomic mass is 19.1. The number of piperidine rings is 2. The first-order valence-electron chi connectivity index (χ1n) is 12.0. The van der Waals surface area contributed by atoms with Gasteiger partial charge >= 0.3 is 11.7 Å². The molecular weight excluding hydrogens is 427 g/mol. The molecule has 1 amide bonds. The average Bonchev–Trinajstić information content (AvgIpc) is 3.47. The topological polar surface area (TPSA) is 87.6 Å². The number of carbonyl (C=O) groups excluding carboxylic acids is 2. The van der Waals surface area contributed by atoms with E-state index in [-0.39, 0.29) is 29.8 Å². The molecule has 9 heteroatoms. The number of hydrogen-bond donors (Lipinski definition) is 1. The van der Waals surface area contributed by atoms with Crippen molar-refractivity contribution in [1.29, 1.82) is 0 Å². The number of ether oxygens (including phenoxy) is 1. The maximum absolute atomic E-state index is 14.6. The van der Waals surface area contributed by atoms with E-state index in [1.54, 1.807) is 11.5 Å². The van der Waals surface area contributed by atoms with Crippen LogP contribution in [-0.2, 0) is 9.53 Å². The number of carbonyl (C=O) groups is 2. The second-order valence-electron chi connectivity index (χ2n) is 9.76. The maximum atomic E-state index is 14.6. The molecule has 1 aromatic carbocycles. The Morgan fingerprint density at radius 2 is 1.82 bits per heavy atom. The van der Waals surface area contributed by atoms with Crippen LogP contribution >= 0.6 is 0 Å². The van der Waals surface area contributed by atoms with Gasteiger partial charge in [-0.05, 0) is 56.9 Å². The predicted molar refractivity (Wildman–Crippen MR) is 121 cm³/mol. The number of nitrogens with one attached hydrogen (secondary N) is 1. The highest BCUT2D eigenvalue weighted by molar-refractivity contribution is 5.94. The van der Waals surface area contributed by atoms with E-state index in [0.717, 1.165) is 25.9 Å². The van der Waals surface area contributed by atoms with Crippen LogP contribution in [0, 0.1) is 11.2 Å². The molecule has 33 heavy (non-hydrogen) atoms. The van der Waals surface area contributed by atoms with Gasteiger partial charge in [0, 0.05) is 38.3 Å². The lowest BCUT2D eigenvalue weighted by molar-refractivity contribution is -0.134. The minimum absolute atomic E-state index is 0.0878. The lowest BCUT2D eigenvalue weighted by atomic mass is 9.93. The van der Waals surface area contributed by atoms with Gasteiger partial charge in [0.25, 0.3) is 0 Å². The Labute approximate surface area is 191 Å². The summed E-state index contributed by atoms with van der Waals surface area (Å²) in [5.74, 6) is -1.25. The summed E-state index contributed by atoms with van der Waals surface area (Å²) < 4.78 is 21.1. The van der Waals surface area contributed by atoms with Crippen LogP contribution in [0.4, 0.5) is 4.39 Å². The van der Waals surface area contributed by atoms with Crippen molar-refractivity contribution < 1.29 is 18.7 Å². The summed E-state index contributed by atoms with van der Waals surface area (Å²) in [7, 11) is 0. The van der Waals surface area contributed by atoms with E-state index < -0.39 is 11.8 Å². The van der Waals surface area contributed by atoms with Crippen molar-refractivity contribution >= 4 is 22.9 Å². The van der Waals surface area contributed by atoms with Crippen LogP contribution in [0.2, 0.25) is 0 Å². The molecule has 1 aliphatic carbocycles. The van der Waals surface area contributed by atoms with Gasteiger partial charge in [-0.25, -0.2) is 14.0 Å². The summed E-state index contributed by atoms with van der Waals surface area (Å²) in [6, 6.07) is 2.49. The molecule has 3 heterocycles. The van der Waals surface area contributed by atoms with Gasteiger partial charge in [0.15, 0.2) is 0 Å². The molecule has 0 bridgehead atoms. The Bertz CT molecular complexity index is 1120. The van der Waals surface area contributed by atoms with Crippen LogP contribution in [-0.4, -0.2) is 70.6 Å². The highest BCUT2D eigenvalue weighted by Gasteiger charge is 2.45.